The van der Waals surface area contributed by atoms with Crippen molar-refractivity contribution < 1.29 is 18.7 Å². The van der Waals surface area contributed by atoms with Gasteiger partial charge in [-0.05, 0) is 37.1 Å². The van der Waals surface area contributed by atoms with E-state index in [9.17, 15) is 9.18 Å². The summed E-state index contributed by atoms with van der Waals surface area (Å²) in [5.74, 6) is -0.127. The number of aromatic nitrogens is 1. The van der Waals surface area contributed by atoms with Gasteiger partial charge in [-0.2, -0.15) is 0 Å². The van der Waals surface area contributed by atoms with E-state index < -0.39 is 5.82 Å². The first-order valence-electron chi connectivity index (χ1n) is 9.79. The van der Waals surface area contributed by atoms with E-state index in [2.05, 4.69) is 11.9 Å². The number of ether oxygens (including phenoxy) is 2. The van der Waals surface area contributed by atoms with Crippen LogP contribution in [0.15, 0.2) is 36.5 Å². The average molecular weight is 418 g/mol. The van der Waals surface area contributed by atoms with E-state index >= 15 is 0 Å². The van der Waals surface area contributed by atoms with Crippen molar-refractivity contribution in [2.45, 2.75) is 33.1 Å². The molecule has 0 atom stereocenters. The van der Waals surface area contributed by atoms with Crippen molar-refractivity contribution in [3.05, 3.63) is 64.1 Å². The number of halogens is 2. The minimum Gasteiger partial charge on any atom is -0.491 e. The van der Waals surface area contributed by atoms with Gasteiger partial charge in [-0.15, -0.1) is 0 Å². The predicted octanol–water partition coefficient (Wildman–Crippen LogP) is 5.89. The third-order valence-electron chi connectivity index (χ3n) is 4.76. The molecule has 0 unspecified atom stereocenters. The molecule has 3 aromatic rings. The van der Waals surface area contributed by atoms with Crippen LogP contribution in [0.5, 0.6) is 5.75 Å². The van der Waals surface area contributed by atoms with Crippen LogP contribution >= 0.6 is 11.6 Å². The Kier molecular flexibility index (Phi) is 7.29. The zero-order chi connectivity index (χ0) is 20.8. The van der Waals surface area contributed by atoms with E-state index in [1.807, 2.05) is 13.0 Å². The Balaban J connectivity index is 1.73. The first kappa shape index (κ1) is 21.3. The molecule has 0 aliphatic heterocycles. The smallest absolute Gasteiger partial charge is 0.169 e. The predicted molar refractivity (Wildman–Crippen MR) is 114 cm³/mol. The number of benzene rings is 2. The number of aromatic amines is 1. The number of unbranched alkanes of at least 4 members (excludes halogenated alkanes) is 1. The summed E-state index contributed by atoms with van der Waals surface area (Å²) in [6.07, 6.45) is 3.86. The van der Waals surface area contributed by atoms with Gasteiger partial charge < -0.3 is 14.5 Å². The summed E-state index contributed by atoms with van der Waals surface area (Å²) < 4.78 is 24.9. The highest BCUT2D eigenvalue weighted by atomic mass is 35.5. The fraction of sp³-hybridized carbons (Fsp3) is 0.348. The summed E-state index contributed by atoms with van der Waals surface area (Å²) in [5, 5.41) is 1.37. The molecule has 0 amide bonds. The SMILES string of the molecule is CCCCOCCOc1cc(F)ccc1CC(=O)c1c[nH]c2c(C)cc(Cl)cc12. The van der Waals surface area contributed by atoms with Gasteiger partial charge in [0.2, 0.25) is 0 Å². The number of Topliss-reactive ketones (excluding diaryl/α,β-unsaturated/α-hetero) is 1. The van der Waals surface area contributed by atoms with Crippen LogP contribution in [0, 0.1) is 12.7 Å². The molecule has 4 nitrogen and oxygen atoms in total. The van der Waals surface area contributed by atoms with Crippen LogP contribution in [0.4, 0.5) is 4.39 Å². The number of rotatable bonds is 10. The van der Waals surface area contributed by atoms with Crippen LogP contribution in [0.1, 0.15) is 41.3 Å². The Bertz CT molecular complexity index is 999. The number of aryl methyl sites for hydroxylation is 1. The first-order chi connectivity index (χ1) is 14.0. The number of ketones is 1. The van der Waals surface area contributed by atoms with E-state index in [4.69, 9.17) is 21.1 Å². The highest BCUT2D eigenvalue weighted by Crippen LogP contribution is 2.28. The topological polar surface area (TPSA) is 51.3 Å². The van der Waals surface area contributed by atoms with Gasteiger partial charge in [0.25, 0.3) is 0 Å². The summed E-state index contributed by atoms with van der Waals surface area (Å²) in [6, 6.07) is 7.87. The molecule has 0 bridgehead atoms. The highest BCUT2D eigenvalue weighted by molar-refractivity contribution is 6.31. The number of H-pyrrole nitrogens is 1. The summed E-state index contributed by atoms with van der Waals surface area (Å²) >= 11 is 6.16. The molecule has 2 aromatic carbocycles. The van der Waals surface area contributed by atoms with Crippen LogP contribution in [-0.2, 0) is 11.2 Å². The third kappa shape index (κ3) is 5.37. The lowest BCUT2D eigenvalue weighted by molar-refractivity contribution is 0.0963. The fourth-order valence-corrected chi connectivity index (χ4v) is 3.51. The zero-order valence-electron chi connectivity index (χ0n) is 16.7. The molecule has 0 saturated carbocycles. The summed E-state index contributed by atoms with van der Waals surface area (Å²) in [6.45, 7) is 5.43. The molecular formula is C23H25ClFNO3. The maximum atomic E-state index is 13.7. The van der Waals surface area contributed by atoms with Crippen molar-refractivity contribution in [1.29, 1.82) is 0 Å². The van der Waals surface area contributed by atoms with Crippen molar-refractivity contribution >= 4 is 28.3 Å². The fourth-order valence-electron chi connectivity index (χ4n) is 3.24. The van der Waals surface area contributed by atoms with Crippen LogP contribution < -0.4 is 4.74 Å². The Labute approximate surface area is 175 Å². The van der Waals surface area contributed by atoms with Crippen molar-refractivity contribution in [2.24, 2.45) is 0 Å². The molecule has 0 aliphatic rings. The zero-order valence-corrected chi connectivity index (χ0v) is 17.4. The van der Waals surface area contributed by atoms with Crippen LogP contribution in [0.2, 0.25) is 5.02 Å². The molecule has 154 valence electrons. The molecule has 29 heavy (non-hydrogen) atoms. The van der Waals surface area contributed by atoms with E-state index in [-0.39, 0.29) is 12.2 Å². The van der Waals surface area contributed by atoms with Crippen LogP contribution in [-0.4, -0.2) is 30.6 Å². The van der Waals surface area contributed by atoms with E-state index in [0.717, 1.165) is 29.3 Å². The second-order valence-electron chi connectivity index (χ2n) is 7.01. The molecule has 0 aliphatic carbocycles. The lowest BCUT2D eigenvalue weighted by atomic mass is 10.0. The number of hydrogen-bond donors (Lipinski definition) is 1. The molecule has 0 saturated heterocycles. The number of carbonyl (C=O) groups excluding carboxylic acids is 1. The van der Waals surface area contributed by atoms with Crippen molar-refractivity contribution in [3.63, 3.8) is 0 Å². The Morgan fingerprint density at radius 1 is 1.17 bits per heavy atom. The van der Waals surface area contributed by atoms with E-state index in [0.29, 0.717) is 41.7 Å². The van der Waals surface area contributed by atoms with Crippen molar-refractivity contribution in [1.82, 2.24) is 4.98 Å². The Morgan fingerprint density at radius 2 is 2.00 bits per heavy atom. The minimum absolute atomic E-state index is 0.0893. The van der Waals surface area contributed by atoms with Crippen molar-refractivity contribution in [3.8, 4) is 5.75 Å². The van der Waals surface area contributed by atoms with E-state index in [1.54, 1.807) is 18.3 Å². The minimum atomic E-state index is -0.405. The van der Waals surface area contributed by atoms with Gasteiger partial charge in [-0.1, -0.05) is 31.0 Å². The van der Waals surface area contributed by atoms with Gasteiger partial charge in [0, 0.05) is 52.3 Å². The molecule has 0 spiro atoms. The van der Waals surface area contributed by atoms with Gasteiger partial charge in [0.05, 0.1) is 6.61 Å². The molecule has 0 radical (unpaired) electrons. The molecule has 1 aromatic heterocycles. The van der Waals surface area contributed by atoms with Gasteiger partial charge in [-0.3, -0.25) is 4.79 Å². The number of fused-ring (bicyclic) bond motifs is 1. The lowest BCUT2D eigenvalue weighted by Gasteiger charge is -2.12. The number of nitrogens with one attached hydrogen (secondary N) is 1. The van der Waals surface area contributed by atoms with Gasteiger partial charge in [0.1, 0.15) is 18.2 Å². The standard InChI is InChI=1S/C23H25ClFNO3/c1-3-4-7-28-8-9-29-22-13-18(25)6-5-16(22)11-21(27)20-14-26-23-15(2)10-17(24)12-19(20)23/h5-6,10,12-14,26H,3-4,7-9,11H2,1-2H3. The van der Waals surface area contributed by atoms with Gasteiger partial charge in [-0.25, -0.2) is 4.39 Å². The summed E-state index contributed by atoms with van der Waals surface area (Å²) in [5.41, 5.74) is 3.06. The second-order valence-corrected chi connectivity index (χ2v) is 7.45. The Morgan fingerprint density at radius 3 is 2.79 bits per heavy atom. The number of hydrogen-bond acceptors (Lipinski definition) is 3. The monoisotopic (exact) mass is 417 g/mol. The second kappa shape index (κ2) is 9.90. The quantitative estimate of drug-likeness (QED) is 0.330. The summed E-state index contributed by atoms with van der Waals surface area (Å²) in [4.78, 5) is 16.1. The maximum Gasteiger partial charge on any atom is 0.169 e. The van der Waals surface area contributed by atoms with Gasteiger partial charge >= 0.3 is 0 Å². The molecule has 0 fully saturated rings. The average Bonchev–Trinajstić information content (AvgIpc) is 3.10. The highest BCUT2D eigenvalue weighted by Gasteiger charge is 2.17. The molecule has 1 N–H and O–H groups in total. The summed E-state index contributed by atoms with van der Waals surface area (Å²) in [7, 11) is 0. The molecule has 3 rings (SSSR count). The largest absolute Gasteiger partial charge is 0.491 e. The molecule has 1 heterocycles. The van der Waals surface area contributed by atoms with Crippen LogP contribution in [0.25, 0.3) is 10.9 Å². The number of carbonyl (C=O) groups is 1. The normalized spacial score (nSPS) is 11.2. The third-order valence-corrected chi connectivity index (χ3v) is 4.98. The Hall–Kier alpha value is -2.37. The maximum absolute atomic E-state index is 13.7. The first-order valence-corrected chi connectivity index (χ1v) is 10.2. The molecule has 6 heteroatoms. The lowest BCUT2D eigenvalue weighted by Crippen LogP contribution is -2.10. The van der Waals surface area contributed by atoms with E-state index in [1.165, 1.54) is 12.1 Å². The molecular weight excluding hydrogens is 393 g/mol. The van der Waals surface area contributed by atoms with Crippen LogP contribution in [0.3, 0.4) is 0 Å². The van der Waals surface area contributed by atoms with Gasteiger partial charge in [0.15, 0.2) is 5.78 Å². The van der Waals surface area contributed by atoms with Crippen molar-refractivity contribution in [2.75, 3.05) is 19.8 Å².